The standard InChI is InChI=1S/C19H16N6OS/c1-11-7-8-13-14(9-11)21-18(20-13)27-10-16-22-23-19-24(2)17(26)12-5-3-4-6-15(12)25(16)19/h3-9H,10H2,1-2H3,(H,20,21). The molecule has 0 aliphatic carbocycles. The number of para-hydroxylation sites is 1. The van der Waals surface area contributed by atoms with Gasteiger partial charge in [-0.3, -0.25) is 13.8 Å². The summed E-state index contributed by atoms with van der Waals surface area (Å²) in [7, 11) is 1.72. The highest BCUT2D eigenvalue weighted by atomic mass is 32.2. The zero-order chi connectivity index (χ0) is 18.5. The Bertz CT molecular complexity index is 1380. The second-order valence-electron chi connectivity index (χ2n) is 6.48. The molecule has 5 aromatic rings. The number of nitrogens with zero attached hydrogens (tertiary/aromatic N) is 5. The normalized spacial score (nSPS) is 11.8. The SMILES string of the molecule is Cc1ccc2nc(SCc3nnc4n(C)c(=O)c5ccccc5n34)[nH]c2c1. The number of hydrogen-bond donors (Lipinski definition) is 1. The number of imidazole rings is 1. The topological polar surface area (TPSA) is 80.9 Å². The first-order chi connectivity index (χ1) is 13.1. The minimum atomic E-state index is -0.0719. The van der Waals surface area contributed by atoms with Gasteiger partial charge in [0.25, 0.3) is 5.56 Å². The Hall–Kier alpha value is -3.13. The van der Waals surface area contributed by atoms with E-state index in [9.17, 15) is 4.79 Å². The monoisotopic (exact) mass is 376 g/mol. The molecule has 0 spiro atoms. The number of hydrogen-bond acceptors (Lipinski definition) is 5. The number of nitrogens with one attached hydrogen (secondary N) is 1. The fraction of sp³-hybridized carbons (Fsp3) is 0.158. The predicted octanol–water partition coefficient (Wildman–Crippen LogP) is 3.06. The second-order valence-corrected chi connectivity index (χ2v) is 7.45. The lowest BCUT2D eigenvalue weighted by molar-refractivity contribution is 0.857. The first-order valence-corrected chi connectivity index (χ1v) is 9.51. The molecule has 0 saturated carbocycles. The van der Waals surface area contributed by atoms with Crippen molar-refractivity contribution in [2.45, 2.75) is 17.8 Å². The Kier molecular flexibility index (Phi) is 3.54. The van der Waals surface area contributed by atoms with E-state index in [1.165, 1.54) is 10.1 Å². The van der Waals surface area contributed by atoms with Crippen molar-refractivity contribution in [3.8, 4) is 0 Å². The van der Waals surface area contributed by atoms with Gasteiger partial charge in [0, 0.05) is 7.05 Å². The molecule has 7 nitrogen and oxygen atoms in total. The van der Waals surface area contributed by atoms with Gasteiger partial charge in [0.2, 0.25) is 5.78 Å². The van der Waals surface area contributed by atoms with Crippen LogP contribution in [0, 0.1) is 6.92 Å². The van der Waals surface area contributed by atoms with Crippen molar-refractivity contribution in [3.63, 3.8) is 0 Å². The van der Waals surface area contributed by atoms with E-state index in [0.29, 0.717) is 16.9 Å². The van der Waals surface area contributed by atoms with Crippen molar-refractivity contribution in [2.75, 3.05) is 0 Å². The Morgan fingerprint density at radius 2 is 2.00 bits per heavy atom. The van der Waals surface area contributed by atoms with Crippen molar-refractivity contribution >= 4 is 39.5 Å². The summed E-state index contributed by atoms with van der Waals surface area (Å²) in [5.41, 5.74) is 3.91. The number of fused-ring (bicyclic) bond motifs is 4. The molecule has 0 saturated heterocycles. The smallest absolute Gasteiger partial charge is 0.262 e. The number of benzene rings is 2. The van der Waals surface area contributed by atoms with E-state index in [1.807, 2.05) is 34.7 Å². The summed E-state index contributed by atoms with van der Waals surface area (Å²) in [5, 5.41) is 10.0. The molecule has 0 aliphatic rings. The molecule has 0 atom stereocenters. The van der Waals surface area contributed by atoms with Crippen LogP contribution in [-0.4, -0.2) is 29.1 Å². The molecule has 0 aliphatic heterocycles. The first kappa shape index (κ1) is 16.1. The van der Waals surface area contributed by atoms with Gasteiger partial charge in [-0.25, -0.2) is 4.98 Å². The van der Waals surface area contributed by atoms with Crippen LogP contribution in [0.3, 0.4) is 0 Å². The van der Waals surface area contributed by atoms with Gasteiger partial charge < -0.3 is 4.98 Å². The molecule has 0 unspecified atom stereocenters. The van der Waals surface area contributed by atoms with Gasteiger partial charge in [0.1, 0.15) is 5.82 Å². The van der Waals surface area contributed by atoms with Crippen LogP contribution in [0.15, 0.2) is 52.4 Å². The van der Waals surface area contributed by atoms with E-state index in [1.54, 1.807) is 18.8 Å². The molecular weight excluding hydrogens is 360 g/mol. The van der Waals surface area contributed by atoms with Crippen LogP contribution >= 0.6 is 11.8 Å². The number of aromatic amines is 1. The van der Waals surface area contributed by atoms with Gasteiger partial charge in [-0.15, -0.1) is 10.2 Å². The molecule has 3 aromatic heterocycles. The maximum atomic E-state index is 12.5. The van der Waals surface area contributed by atoms with Crippen LogP contribution in [0.2, 0.25) is 0 Å². The summed E-state index contributed by atoms with van der Waals surface area (Å²) in [6.07, 6.45) is 0. The van der Waals surface area contributed by atoms with Crippen molar-refractivity contribution in [1.29, 1.82) is 0 Å². The molecule has 1 N–H and O–H groups in total. The van der Waals surface area contributed by atoms with E-state index < -0.39 is 0 Å². The quantitative estimate of drug-likeness (QED) is 0.490. The summed E-state index contributed by atoms with van der Waals surface area (Å²) < 4.78 is 3.48. The van der Waals surface area contributed by atoms with Crippen LogP contribution in [0.4, 0.5) is 0 Å². The average Bonchev–Trinajstić information content (AvgIpc) is 3.28. The highest BCUT2D eigenvalue weighted by Gasteiger charge is 2.15. The molecule has 134 valence electrons. The number of thioether (sulfide) groups is 1. The lowest BCUT2D eigenvalue weighted by atomic mass is 10.2. The maximum absolute atomic E-state index is 12.5. The fourth-order valence-electron chi connectivity index (χ4n) is 3.29. The van der Waals surface area contributed by atoms with Gasteiger partial charge in [-0.05, 0) is 36.8 Å². The summed E-state index contributed by atoms with van der Waals surface area (Å²) in [6, 6.07) is 13.7. The highest BCUT2D eigenvalue weighted by Crippen LogP contribution is 2.24. The highest BCUT2D eigenvalue weighted by molar-refractivity contribution is 7.98. The van der Waals surface area contributed by atoms with E-state index in [0.717, 1.165) is 27.5 Å². The minimum Gasteiger partial charge on any atom is -0.333 e. The Morgan fingerprint density at radius 3 is 2.89 bits per heavy atom. The Morgan fingerprint density at radius 1 is 1.15 bits per heavy atom. The van der Waals surface area contributed by atoms with E-state index in [4.69, 9.17) is 0 Å². The van der Waals surface area contributed by atoms with Crippen LogP contribution in [0.25, 0.3) is 27.7 Å². The molecule has 0 amide bonds. The number of rotatable bonds is 3. The van der Waals surface area contributed by atoms with Crippen molar-refractivity contribution < 1.29 is 0 Å². The van der Waals surface area contributed by atoms with Crippen LogP contribution in [0.5, 0.6) is 0 Å². The van der Waals surface area contributed by atoms with E-state index in [-0.39, 0.29) is 5.56 Å². The lowest BCUT2D eigenvalue weighted by Crippen LogP contribution is -2.20. The molecular formula is C19H16N6OS. The maximum Gasteiger partial charge on any atom is 0.262 e. The van der Waals surface area contributed by atoms with Crippen molar-refractivity contribution in [2.24, 2.45) is 7.05 Å². The zero-order valence-corrected chi connectivity index (χ0v) is 15.6. The van der Waals surface area contributed by atoms with Crippen LogP contribution in [0.1, 0.15) is 11.4 Å². The Balaban J connectivity index is 1.58. The van der Waals surface area contributed by atoms with Gasteiger partial charge in [0.05, 0.1) is 27.7 Å². The summed E-state index contributed by atoms with van der Waals surface area (Å²) in [5.74, 6) is 1.90. The van der Waals surface area contributed by atoms with Crippen molar-refractivity contribution in [3.05, 3.63) is 64.2 Å². The fourth-order valence-corrected chi connectivity index (χ4v) is 4.08. The summed E-state index contributed by atoms with van der Waals surface area (Å²) in [4.78, 5) is 20.5. The van der Waals surface area contributed by atoms with E-state index >= 15 is 0 Å². The van der Waals surface area contributed by atoms with Crippen LogP contribution < -0.4 is 5.56 Å². The molecule has 8 heteroatoms. The minimum absolute atomic E-state index is 0.0719. The van der Waals surface area contributed by atoms with Gasteiger partial charge >= 0.3 is 0 Å². The molecule has 27 heavy (non-hydrogen) atoms. The third kappa shape index (κ3) is 2.52. The molecule has 2 aromatic carbocycles. The van der Waals surface area contributed by atoms with Crippen LogP contribution in [-0.2, 0) is 12.8 Å². The zero-order valence-electron chi connectivity index (χ0n) is 14.8. The van der Waals surface area contributed by atoms with Gasteiger partial charge in [-0.2, -0.15) is 0 Å². The molecule has 0 fully saturated rings. The first-order valence-electron chi connectivity index (χ1n) is 8.53. The van der Waals surface area contributed by atoms with E-state index in [2.05, 4.69) is 39.2 Å². The van der Waals surface area contributed by atoms with Crippen molar-refractivity contribution in [1.82, 2.24) is 29.1 Å². The number of H-pyrrole nitrogens is 1. The third-order valence-electron chi connectivity index (χ3n) is 4.65. The number of aromatic nitrogens is 6. The third-order valence-corrected chi connectivity index (χ3v) is 5.52. The molecule has 0 bridgehead atoms. The lowest BCUT2D eigenvalue weighted by Gasteiger charge is -2.07. The van der Waals surface area contributed by atoms with Gasteiger partial charge in [-0.1, -0.05) is 30.0 Å². The Labute approximate surface area is 158 Å². The summed E-state index contributed by atoms with van der Waals surface area (Å²) >= 11 is 1.57. The number of aryl methyl sites for hydroxylation is 2. The average molecular weight is 376 g/mol. The molecule has 5 rings (SSSR count). The second kappa shape index (κ2) is 5.95. The predicted molar refractivity (Wildman–Crippen MR) is 106 cm³/mol. The summed E-state index contributed by atoms with van der Waals surface area (Å²) in [6.45, 7) is 2.06. The largest absolute Gasteiger partial charge is 0.333 e. The van der Waals surface area contributed by atoms with Gasteiger partial charge in [0.15, 0.2) is 5.16 Å². The molecule has 0 radical (unpaired) electrons. The molecule has 3 heterocycles.